The molecule has 24 heavy (non-hydrogen) atoms. The third-order valence-electron chi connectivity index (χ3n) is 4.49. The lowest BCUT2D eigenvalue weighted by molar-refractivity contribution is -0.137. The molecule has 0 unspecified atom stereocenters. The highest BCUT2D eigenvalue weighted by Gasteiger charge is 2.30. The topological polar surface area (TPSA) is 29.5 Å². The number of piperidine rings is 1. The first-order valence-electron chi connectivity index (χ1n) is 8.33. The molecule has 0 N–H and O–H groups in total. The molecule has 1 aromatic rings. The standard InChI is InChI=1S/C18H24F3NO2/c1-24-11-9-17(23)22-10-3-5-15(13-22)8-7-14-4-2-6-16(12-14)18(19,20)21/h2,4,6,12,15H,3,5,7-11,13H2,1H3/t15-/m1/s1. The Morgan fingerprint density at radius 3 is 2.88 bits per heavy atom. The van der Waals surface area contributed by atoms with Crippen molar-refractivity contribution in [2.24, 2.45) is 5.92 Å². The number of rotatable bonds is 6. The van der Waals surface area contributed by atoms with Gasteiger partial charge in [-0.25, -0.2) is 0 Å². The largest absolute Gasteiger partial charge is 0.416 e. The molecule has 134 valence electrons. The van der Waals surface area contributed by atoms with Crippen molar-refractivity contribution in [1.29, 1.82) is 0 Å². The highest BCUT2D eigenvalue weighted by molar-refractivity contribution is 5.76. The van der Waals surface area contributed by atoms with Crippen molar-refractivity contribution in [3.63, 3.8) is 0 Å². The predicted molar refractivity (Wildman–Crippen MR) is 85.6 cm³/mol. The molecule has 1 aromatic carbocycles. The summed E-state index contributed by atoms with van der Waals surface area (Å²) in [5.41, 5.74) is 0.104. The molecule has 1 saturated heterocycles. The van der Waals surface area contributed by atoms with Gasteiger partial charge in [-0.1, -0.05) is 18.2 Å². The number of ether oxygens (including phenoxy) is 1. The van der Waals surface area contributed by atoms with Crippen LogP contribution >= 0.6 is 0 Å². The smallest absolute Gasteiger partial charge is 0.384 e. The molecule has 1 heterocycles. The number of carbonyl (C=O) groups excluding carboxylic acids is 1. The van der Waals surface area contributed by atoms with E-state index in [4.69, 9.17) is 4.74 Å². The van der Waals surface area contributed by atoms with Gasteiger partial charge in [0.25, 0.3) is 0 Å². The van der Waals surface area contributed by atoms with E-state index in [9.17, 15) is 18.0 Å². The summed E-state index contributed by atoms with van der Waals surface area (Å²) in [5.74, 6) is 0.445. The van der Waals surface area contributed by atoms with Crippen molar-refractivity contribution >= 4 is 5.91 Å². The number of likely N-dealkylation sites (tertiary alicyclic amines) is 1. The molecule has 0 aliphatic carbocycles. The summed E-state index contributed by atoms with van der Waals surface area (Å²) < 4.78 is 43.2. The molecular formula is C18H24F3NO2. The van der Waals surface area contributed by atoms with Gasteiger partial charge in [0.15, 0.2) is 0 Å². The molecule has 0 saturated carbocycles. The fourth-order valence-corrected chi connectivity index (χ4v) is 3.15. The maximum Gasteiger partial charge on any atom is 0.416 e. The number of carbonyl (C=O) groups is 1. The van der Waals surface area contributed by atoms with Crippen molar-refractivity contribution < 1.29 is 22.7 Å². The summed E-state index contributed by atoms with van der Waals surface area (Å²) in [6.07, 6.45) is -0.536. The average molecular weight is 343 g/mol. The molecule has 0 aromatic heterocycles. The van der Waals surface area contributed by atoms with Gasteiger partial charge in [-0.3, -0.25) is 4.79 Å². The second kappa shape index (κ2) is 8.51. The Morgan fingerprint density at radius 1 is 1.38 bits per heavy atom. The maximum atomic E-state index is 12.8. The summed E-state index contributed by atoms with van der Waals surface area (Å²) >= 11 is 0. The van der Waals surface area contributed by atoms with Gasteiger partial charge >= 0.3 is 6.18 Å². The van der Waals surface area contributed by atoms with Crippen molar-refractivity contribution in [3.8, 4) is 0 Å². The van der Waals surface area contributed by atoms with Gasteiger partial charge in [-0.2, -0.15) is 13.2 Å². The van der Waals surface area contributed by atoms with Gasteiger partial charge in [-0.05, 0) is 43.2 Å². The minimum Gasteiger partial charge on any atom is -0.384 e. The van der Waals surface area contributed by atoms with E-state index in [0.717, 1.165) is 31.9 Å². The zero-order chi connectivity index (χ0) is 17.6. The zero-order valence-corrected chi connectivity index (χ0v) is 13.9. The van der Waals surface area contributed by atoms with Gasteiger partial charge < -0.3 is 9.64 Å². The van der Waals surface area contributed by atoms with Crippen LogP contribution in [0.5, 0.6) is 0 Å². The van der Waals surface area contributed by atoms with Gasteiger partial charge in [0.1, 0.15) is 0 Å². The van der Waals surface area contributed by atoms with Crippen LogP contribution in [0.3, 0.4) is 0 Å². The van der Waals surface area contributed by atoms with E-state index in [1.165, 1.54) is 12.1 Å². The first-order valence-corrected chi connectivity index (χ1v) is 8.33. The van der Waals surface area contributed by atoms with Crippen LogP contribution < -0.4 is 0 Å². The molecule has 1 atom stereocenters. The molecule has 1 aliphatic rings. The zero-order valence-electron chi connectivity index (χ0n) is 13.9. The van der Waals surface area contributed by atoms with Gasteiger partial charge in [-0.15, -0.1) is 0 Å². The monoisotopic (exact) mass is 343 g/mol. The quantitative estimate of drug-likeness (QED) is 0.784. The third kappa shape index (κ3) is 5.51. The summed E-state index contributed by atoms with van der Waals surface area (Å²) in [6.45, 7) is 1.88. The number of halogens is 3. The lowest BCUT2D eigenvalue weighted by Crippen LogP contribution is -2.40. The number of hydrogen-bond acceptors (Lipinski definition) is 2. The number of alkyl halides is 3. The molecule has 0 spiro atoms. The Bertz CT molecular complexity index is 545. The molecule has 1 aliphatic heterocycles. The Morgan fingerprint density at radius 2 is 2.17 bits per heavy atom. The minimum absolute atomic E-state index is 0.0978. The normalized spacial score (nSPS) is 18.7. The maximum absolute atomic E-state index is 12.8. The second-order valence-corrected chi connectivity index (χ2v) is 6.33. The molecule has 0 radical (unpaired) electrons. The summed E-state index contributed by atoms with van der Waals surface area (Å²) in [7, 11) is 1.57. The first-order chi connectivity index (χ1) is 11.4. The number of benzene rings is 1. The van der Waals surface area contributed by atoms with Gasteiger partial charge in [0.05, 0.1) is 18.6 Å². The fourth-order valence-electron chi connectivity index (χ4n) is 3.15. The van der Waals surface area contributed by atoms with E-state index in [1.54, 1.807) is 13.2 Å². The lowest BCUT2D eigenvalue weighted by Gasteiger charge is -2.33. The van der Waals surface area contributed by atoms with E-state index in [-0.39, 0.29) is 5.91 Å². The Balaban J connectivity index is 1.87. The van der Waals surface area contributed by atoms with Crippen LogP contribution in [0, 0.1) is 5.92 Å². The van der Waals surface area contributed by atoms with E-state index >= 15 is 0 Å². The number of nitrogens with zero attached hydrogens (tertiary/aromatic N) is 1. The highest BCUT2D eigenvalue weighted by Crippen LogP contribution is 2.30. The first kappa shape index (κ1) is 18.8. The minimum atomic E-state index is -4.30. The van der Waals surface area contributed by atoms with Crippen molar-refractivity contribution in [1.82, 2.24) is 4.90 Å². The van der Waals surface area contributed by atoms with Crippen molar-refractivity contribution in [2.75, 3.05) is 26.8 Å². The van der Waals surface area contributed by atoms with Crippen LogP contribution in [-0.4, -0.2) is 37.6 Å². The molecule has 0 bridgehead atoms. The third-order valence-corrected chi connectivity index (χ3v) is 4.49. The predicted octanol–water partition coefficient (Wildman–Crippen LogP) is 3.91. The van der Waals surface area contributed by atoms with E-state index in [2.05, 4.69) is 0 Å². The Hall–Kier alpha value is -1.56. The molecule has 6 heteroatoms. The van der Waals surface area contributed by atoms with Crippen LogP contribution in [0.1, 0.15) is 36.8 Å². The van der Waals surface area contributed by atoms with E-state index in [0.29, 0.717) is 37.5 Å². The van der Waals surface area contributed by atoms with Crippen molar-refractivity contribution in [3.05, 3.63) is 35.4 Å². The number of hydrogen-bond donors (Lipinski definition) is 0. The SMILES string of the molecule is COCCC(=O)N1CCC[C@H](CCc2cccc(C(F)(F)F)c2)C1. The summed E-state index contributed by atoms with van der Waals surface area (Å²) in [4.78, 5) is 13.9. The van der Waals surface area contributed by atoms with Crippen LogP contribution in [0.4, 0.5) is 13.2 Å². The van der Waals surface area contributed by atoms with E-state index < -0.39 is 11.7 Å². The molecule has 2 rings (SSSR count). The molecule has 1 amide bonds. The highest BCUT2D eigenvalue weighted by atomic mass is 19.4. The number of aryl methyl sites for hydroxylation is 1. The second-order valence-electron chi connectivity index (χ2n) is 6.33. The van der Waals surface area contributed by atoms with Crippen LogP contribution in [0.2, 0.25) is 0 Å². The summed E-state index contributed by atoms with van der Waals surface area (Å²) in [5, 5.41) is 0. The van der Waals surface area contributed by atoms with Crippen LogP contribution in [0.15, 0.2) is 24.3 Å². The lowest BCUT2D eigenvalue weighted by atomic mass is 9.91. The molecular weight excluding hydrogens is 319 g/mol. The molecule has 3 nitrogen and oxygen atoms in total. The van der Waals surface area contributed by atoms with Crippen LogP contribution in [-0.2, 0) is 22.1 Å². The van der Waals surface area contributed by atoms with Crippen molar-refractivity contribution in [2.45, 2.75) is 38.3 Å². The van der Waals surface area contributed by atoms with Crippen LogP contribution in [0.25, 0.3) is 0 Å². The average Bonchev–Trinajstić information content (AvgIpc) is 2.57. The Kier molecular flexibility index (Phi) is 6.66. The molecule has 1 fully saturated rings. The fraction of sp³-hybridized carbons (Fsp3) is 0.611. The van der Waals surface area contributed by atoms with Gasteiger partial charge in [0, 0.05) is 20.2 Å². The number of methoxy groups -OCH3 is 1. The van der Waals surface area contributed by atoms with E-state index in [1.807, 2.05) is 4.90 Å². The Labute approximate surface area is 140 Å². The van der Waals surface area contributed by atoms with Gasteiger partial charge in [0.2, 0.25) is 5.91 Å². The number of amides is 1. The summed E-state index contributed by atoms with van der Waals surface area (Å²) in [6, 6.07) is 5.52.